The van der Waals surface area contributed by atoms with Crippen LogP contribution in [0, 0.1) is 12.8 Å². The molecule has 0 bridgehead atoms. The number of hydrogen-bond acceptors (Lipinski definition) is 4. The zero-order chi connectivity index (χ0) is 11.3. The van der Waals surface area contributed by atoms with E-state index in [0.717, 1.165) is 11.7 Å². The molecule has 1 heterocycles. The van der Waals surface area contributed by atoms with E-state index in [1.165, 1.54) is 0 Å². The molecule has 4 nitrogen and oxygen atoms in total. The van der Waals surface area contributed by atoms with Crippen molar-refractivity contribution in [3.8, 4) is 0 Å². The first-order valence-corrected chi connectivity index (χ1v) is 5.27. The molecular formula is C11H20N2O2. The predicted molar refractivity (Wildman–Crippen MR) is 58.6 cm³/mol. The lowest BCUT2D eigenvalue weighted by atomic mass is 10.1. The van der Waals surface area contributed by atoms with Crippen molar-refractivity contribution in [2.24, 2.45) is 5.92 Å². The van der Waals surface area contributed by atoms with Gasteiger partial charge in [-0.15, -0.1) is 0 Å². The maximum Gasteiger partial charge on any atom is 0.208 e. The summed E-state index contributed by atoms with van der Waals surface area (Å²) >= 11 is 0. The van der Waals surface area contributed by atoms with Gasteiger partial charge < -0.3 is 14.5 Å². The van der Waals surface area contributed by atoms with Gasteiger partial charge in [-0.3, -0.25) is 0 Å². The van der Waals surface area contributed by atoms with Crippen molar-refractivity contribution < 1.29 is 9.15 Å². The van der Waals surface area contributed by atoms with E-state index in [2.05, 4.69) is 24.1 Å². The molecule has 1 aromatic heterocycles. The summed E-state index contributed by atoms with van der Waals surface area (Å²) in [6, 6.07) is 0.335. The van der Waals surface area contributed by atoms with Crippen LogP contribution in [0.5, 0.6) is 0 Å². The van der Waals surface area contributed by atoms with Gasteiger partial charge in [0.2, 0.25) is 5.89 Å². The lowest BCUT2D eigenvalue weighted by Crippen LogP contribution is -2.37. The summed E-state index contributed by atoms with van der Waals surface area (Å²) < 4.78 is 10.5. The molecule has 0 saturated carbocycles. The molecule has 86 valence electrons. The second kappa shape index (κ2) is 5.88. The number of hydrogen-bond donors (Lipinski definition) is 1. The molecule has 0 aliphatic rings. The highest BCUT2D eigenvalue weighted by Gasteiger charge is 2.13. The molecule has 0 aliphatic carbocycles. The van der Waals surface area contributed by atoms with Crippen LogP contribution in [-0.2, 0) is 11.3 Å². The van der Waals surface area contributed by atoms with Gasteiger partial charge in [0.25, 0.3) is 0 Å². The maximum absolute atomic E-state index is 5.38. The smallest absolute Gasteiger partial charge is 0.208 e. The molecule has 1 aromatic rings. The summed E-state index contributed by atoms with van der Waals surface area (Å²) in [5.74, 6) is 2.11. The van der Waals surface area contributed by atoms with Crippen molar-refractivity contribution in [3.05, 3.63) is 17.8 Å². The van der Waals surface area contributed by atoms with E-state index in [4.69, 9.17) is 9.15 Å². The van der Waals surface area contributed by atoms with Crippen LogP contribution < -0.4 is 5.32 Å². The minimum atomic E-state index is 0.335. The highest BCUT2D eigenvalue weighted by atomic mass is 16.5. The minimum Gasteiger partial charge on any atom is -0.445 e. The van der Waals surface area contributed by atoms with Gasteiger partial charge in [-0.1, -0.05) is 13.8 Å². The third-order valence-corrected chi connectivity index (χ3v) is 2.34. The second-order valence-corrected chi connectivity index (χ2v) is 4.05. The number of nitrogens with one attached hydrogen (secondary N) is 1. The molecule has 0 fully saturated rings. The molecule has 1 rings (SSSR count). The summed E-state index contributed by atoms with van der Waals surface area (Å²) in [6.45, 7) is 7.58. The van der Waals surface area contributed by atoms with Crippen molar-refractivity contribution in [2.45, 2.75) is 33.4 Å². The molecule has 1 unspecified atom stereocenters. The number of methoxy groups -OCH3 is 1. The van der Waals surface area contributed by atoms with Crippen LogP contribution in [0.3, 0.4) is 0 Å². The van der Waals surface area contributed by atoms with Gasteiger partial charge in [0, 0.05) is 13.2 Å². The molecular weight excluding hydrogens is 192 g/mol. The fourth-order valence-electron chi connectivity index (χ4n) is 1.37. The van der Waals surface area contributed by atoms with Crippen molar-refractivity contribution in [1.29, 1.82) is 0 Å². The van der Waals surface area contributed by atoms with E-state index in [1.54, 1.807) is 13.3 Å². The Morgan fingerprint density at radius 2 is 2.27 bits per heavy atom. The molecule has 0 radical (unpaired) electrons. The van der Waals surface area contributed by atoms with Crippen molar-refractivity contribution in [3.63, 3.8) is 0 Å². The van der Waals surface area contributed by atoms with Crippen molar-refractivity contribution in [2.75, 3.05) is 13.7 Å². The highest BCUT2D eigenvalue weighted by Crippen LogP contribution is 2.05. The molecule has 1 N–H and O–H groups in total. The zero-order valence-electron chi connectivity index (χ0n) is 9.91. The van der Waals surface area contributed by atoms with E-state index in [1.807, 2.05) is 6.92 Å². The van der Waals surface area contributed by atoms with Crippen LogP contribution in [0.4, 0.5) is 0 Å². The number of oxazole rings is 1. The van der Waals surface area contributed by atoms with Crippen LogP contribution in [0.1, 0.15) is 25.5 Å². The van der Waals surface area contributed by atoms with Crippen LogP contribution in [0.25, 0.3) is 0 Å². The largest absolute Gasteiger partial charge is 0.445 e. The Balaban J connectivity index is 2.39. The molecule has 15 heavy (non-hydrogen) atoms. The lowest BCUT2D eigenvalue weighted by molar-refractivity contribution is 0.145. The summed E-state index contributed by atoms with van der Waals surface area (Å²) in [4.78, 5) is 4.14. The highest BCUT2D eigenvalue weighted by molar-refractivity contribution is 4.90. The van der Waals surface area contributed by atoms with Gasteiger partial charge in [-0.2, -0.15) is 0 Å². The number of nitrogens with zero attached hydrogens (tertiary/aromatic N) is 1. The Labute approximate surface area is 91.0 Å². The van der Waals surface area contributed by atoms with E-state index in [-0.39, 0.29) is 0 Å². The van der Waals surface area contributed by atoms with Gasteiger partial charge >= 0.3 is 0 Å². The molecule has 0 aromatic carbocycles. The first-order valence-electron chi connectivity index (χ1n) is 5.27. The topological polar surface area (TPSA) is 47.3 Å². The molecule has 0 amide bonds. The quantitative estimate of drug-likeness (QED) is 0.780. The number of ether oxygens (including phenoxy) is 1. The van der Waals surface area contributed by atoms with Crippen LogP contribution in [-0.4, -0.2) is 24.7 Å². The second-order valence-electron chi connectivity index (χ2n) is 4.05. The Morgan fingerprint density at radius 3 is 2.73 bits per heavy atom. The third-order valence-electron chi connectivity index (χ3n) is 2.34. The van der Waals surface area contributed by atoms with Crippen LogP contribution >= 0.6 is 0 Å². The molecule has 0 aliphatic heterocycles. The van der Waals surface area contributed by atoms with E-state index in [9.17, 15) is 0 Å². The Hall–Kier alpha value is -0.870. The van der Waals surface area contributed by atoms with E-state index in [0.29, 0.717) is 25.1 Å². The van der Waals surface area contributed by atoms with Crippen LogP contribution in [0.15, 0.2) is 10.6 Å². The van der Waals surface area contributed by atoms with E-state index < -0.39 is 0 Å². The normalized spacial score (nSPS) is 13.4. The summed E-state index contributed by atoms with van der Waals surface area (Å²) in [5, 5.41) is 3.37. The zero-order valence-corrected chi connectivity index (χ0v) is 9.91. The molecule has 4 heteroatoms. The SMILES string of the molecule is COCC(NCc1ncc(C)o1)C(C)C. The average molecular weight is 212 g/mol. The standard InChI is InChI=1S/C11H20N2O2/c1-8(2)10(7-14-4)12-6-11-13-5-9(3)15-11/h5,8,10,12H,6-7H2,1-4H3. The van der Waals surface area contributed by atoms with Crippen molar-refractivity contribution in [1.82, 2.24) is 10.3 Å². The Bertz CT molecular complexity index is 284. The first-order chi connectivity index (χ1) is 7.13. The minimum absolute atomic E-state index is 0.335. The lowest BCUT2D eigenvalue weighted by Gasteiger charge is -2.20. The van der Waals surface area contributed by atoms with Gasteiger partial charge in [0.05, 0.1) is 19.3 Å². The fourth-order valence-corrected chi connectivity index (χ4v) is 1.37. The number of rotatable bonds is 6. The summed E-state index contributed by atoms with van der Waals surface area (Å²) in [6.07, 6.45) is 1.73. The third kappa shape index (κ3) is 4.01. The predicted octanol–water partition coefficient (Wildman–Crippen LogP) is 1.74. The molecule has 1 atom stereocenters. The molecule has 0 spiro atoms. The van der Waals surface area contributed by atoms with Gasteiger partial charge in [-0.25, -0.2) is 4.98 Å². The summed E-state index contributed by atoms with van der Waals surface area (Å²) in [5.41, 5.74) is 0. The monoisotopic (exact) mass is 212 g/mol. The average Bonchev–Trinajstić information content (AvgIpc) is 2.58. The maximum atomic E-state index is 5.38. The van der Waals surface area contributed by atoms with Gasteiger partial charge in [0.15, 0.2) is 0 Å². The van der Waals surface area contributed by atoms with Crippen LogP contribution in [0.2, 0.25) is 0 Å². The molecule has 0 saturated heterocycles. The van der Waals surface area contributed by atoms with Gasteiger partial charge in [0.1, 0.15) is 5.76 Å². The Kier molecular flexibility index (Phi) is 4.78. The number of aryl methyl sites for hydroxylation is 1. The fraction of sp³-hybridized carbons (Fsp3) is 0.727. The van der Waals surface area contributed by atoms with E-state index >= 15 is 0 Å². The Morgan fingerprint density at radius 1 is 1.53 bits per heavy atom. The van der Waals surface area contributed by atoms with Gasteiger partial charge in [-0.05, 0) is 12.8 Å². The summed E-state index contributed by atoms with van der Waals surface area (Å²) in [7, 11) is 1.71. The van der Waals surface area contributed by atoms with Crippen molar-refractivity contribution >= 4 is 0 Å². The first kappa shape index (κ1) is 12.2. The number of aromatic nitrogens is 1.